The molecule has 3 N–H and O–H groups in total. The van der Waals surface area contributed by atoms with Crippen LogP contribution in [-0.4, -0.2) is 32.9 Å². The molecule has 0 aliphatic carbocycles. The van der Waals surface area contributed by atoms with Gasteiger partial charge in [0.25, 0.3) is 5.91 Å². The number of benzene rings is 3. The van der Waals surface area contributed by atoms with Crippen molar-refractivity contribution >= 4 is 40.9 Å². The second-order valence-corrected chi connectivity index (χ2v) is 10.7. The maximum Gasteiger partial charge on any atom is 0.255 e. The van der Waals surface area contributed by atoms with E-state index in [2.05, 4.69) is 10.6 Å². The molecule has 0 radical (unpaired) electrons. The first-order valence-electron chi connectivity index (χ1n) is 12.3. The smallest absolute Gasteiger partial charge is 0.255 e. The second kappa shape index (κ2) is 11.0. The van der Waals surface area contributed by atoms with Crippen molar-refractivity contribution in [1.29, 1.82) is 0 Å². The summed E-state index contributed by atoms with van der Waals surface area (Å²) in [4.78, 5) is 18.5. The summed E-state index contributed by atoms with van der Waals surface area (Å²) in [6, 6.07) is 17.9. The van der Waals surface area contributed by atoms with Crippen molar-refractivity contribution < 1.29 is 14.6 Å². The quantitative estimate of drug-likeness (QED) is 0.222. The van der Waals surface area contributed by atoms with E-state index in [0.717, 1.165) is 22.4 Å². The van der Waals surface area contributed by atoms with Gasteiger partial charge in [-0.1, -0.05) is 65.3 Å². The average Bonchev–Trinajstić information content (AvgIpc) is 3.31. The molecule has 39 heavy (non-hydrogen) atoms. The van der Waals surface area contributed by atoms with Gasteiger partial charge in [0.2, 0.25) is 11.1 Å². The molecule has 2 heterocycles. The van der Waals surface area contributed by atoms with E-state index in [1.807, 2.05) is 63.2 Å². The molecule has 5 rings (SSSR count). The van der Waals surface area contributed by atoms with E-state index < -0.39 is 6.04 Å². The molecule has 8 nitrogen and oxygen atoms in total. The number of hydrogen-bond donors (Lipinski definition) is 3. The van der Waals surface area contributed by atoms with Gasteiger partial charge in [-0.05, 0) is 61.7 Å². The van der Waals surface area contributed by atoms with Crippen molar-refractivity contribution in [2.45, 2.75) is 37.7 Å². The molecular formula is C29H28ClN5O3S. The minimum atomic E-state index is -0.622. The summed E-state index contributed by atoms with van der Waals surface area (Å²) in [5, 5.41) is 22.6. The van der Waals surface area contributed by atoms with E-state index in [9.17, 15) is 9.90 Å². The summed E-state index contributed by atoms with van der Waals surface area (Å²) >= 11 is 7.79. The third-order valence-corrected chi connectivity index (χ3v) is 7.80. The van der Waals surface area contributed by atoms with Gasteiger partial charge in [-0.3, -0.25) is 4.79 Å². The Morgan fingerprint density at radius 1 is 1.15 bits per heavy atom. The molecule has 0 fully saturated rings. The van der Waals surface area contributed by atoms with Crippen LogP contribution in [0.1, 0.15) is 35.2 Å². The van der Waals surface area contributed by atoms with E-state index in [0.29, 0.717) is 44.5 Å². The molecule has 0 spiro atoms. The van der Waals surface area contributed by atoms with Crippen LogP contribution in [0, 0.1) is 13.8 Å². The minimum absolute atomic E-state index is 0.00645. The first-order chi connectivity index (χ1) is 18.7. The average molecular weight is 562 g/mol. The number of fused-ring (bicyclic) bond motifs is 1. The van der Waals surface area contributed by atoms with Crippen molar-refractivity contribution in [1.82, 2.24) is 14.8 Å². The van der Waals surface area contributed by atoms with Crippen molar-refractivity contribution in [3.63, 3.8) is 0 Å². The molecule has 4 aromatic rings. The molecule has 1 aliphatic rings. The monoisotopic (exact) mass is 561 g/mol. The second-order valence-electron chi connectivity index (χ2n) is 9.31. The van der Waals surface area contributed by atoms with Crippen LogP contribution in [-0.2, 0) is 10.5 Å². The van der Waals surface area contributed by atoms with Gasteiger partial charge in [0.1, 0.15) is 6.04 Å². The molecule has 1 amide bonds. The van der Waals surface area contributed by atoms with Crippen LogP contribution < -0.4 is 15.4 Å². The fraction of sp³-hybridized carbons (Fsp3) is 0.207. The topological polar surface area (TPSA) is 101 Å². The lowest BCUT2D eigenvalue weighted by atomic mass is 9.94. The number of nitrogens with one attached hydrogen (secondary N) is 2. The van der Waals surface area contributed by atoms with Crippen LogP contribution in [0.25, 0.3) is 0 Å². The summed E-state index contributed by atoms with van der Waals surface area (Å²) in [5.74, 6) is 1.14. The molecule has 1 aliphatic heterocycles. The maximum atomic E-state index is 13.8. The summed E-state index contributed by atoms with van der Waals surface area (Å²) in [6.45, 7) is 5.82. The fourth-order valence-corrected chi connectivity index (χ4v) is 5.68. The molecule has 1 aromatic heterocycles. The Hall–Kier alpha value is -3.95. The maximum absolute atomic E-state index is 13.8. The molecular weight excluding hydrogens is 534 g/mol. The number of phenolic OH excluding ortho intramolecular Hbond substituents is 1. The normalized spacial score (nSPS) is 14.5. The van der Waals surface area contributed by atoms with E-state index in [1.54, 1.807) is 22.9 Å². The lowest BCUT2D eigenvalue weighted by molar-refractivity contribution is -0.113. The standard InChI is InChI=1S/C29H28ClN5O3S/c1-16-9-11-22(17(2)13-16)32-27(37)25-18(3)31-28-33-29(39-15-20-7-5-6-8-21(20)30)34-35(28)26(25)19-10-12-23(36)24(14-19)38-4/h5-14,26,36H,15H2,1-4H3,(H,32,37)(H,31,33,34). The summed E-state index contributed by atoms with van der Waals surface area (Å²) in [5.41, 5.74) is 5.63. The Bertz CT molecular complexity index is 1600. The number of ether oxygens (including phenoxy) is 1. The lowest BCUT2D eigenvalue weighted by Gasteiger charge is -2.29. The Morgan fingerprint density at radius 3 is 2.69 bits per heavy atom. The van der Waals surface area contributed by atoms with Gasteiger partial charge >= 0.3 is 0 Å². The van der Waals surface area contributed by atoms with Gasteiger partial charge in [0, 0.05) is 22.2 Å². The summed E-state index contributed by atoms with van der Waals surface area (Å²) in [7, 11) is 1.49. The number of aromatic hydroxyl groups is 1. The third kappa shape index (κ3) is 5.46. The highest BCUT2D eigenvalue weighted by atomic mass is 35.5. The van der Waals surface area contributed by atoms with Gasteiger partial charge < -0.3 is 20.5 Å². The minimum Gasteiger partial charge on any atom is -0.504 e. The van der Waals surface area contributed by atoms with Crippen LogP contribution in [0.4, 0.5) is 11.6 Å². The molecule has 10 heteroatoms. The van der Waals surface area contributed by atoms with Crippen LogP contribution in [0.15, 0.2) is 77.1 Å². The van der Waals surface area contributed by atoms with E-state index >= 15 is 0 Å². The Balaban J connectivity index is 1.53. The number of carbonyl (C=O) groups is 1. The van der Waals surface area contributed by atoms with Crippen LogP contribution in [0.2, 0.25) is 5.02 Å². The third-order valence-electron chi connectivity index (χ3n) is 6.54. The van der Waals surface area contributed by atoms with Crippen LogP contribution in [0.3, 0.4) is 0 Å². The molecule has 1 unspecified atom stereocenters. The number of nitrogens with zero attached hydrogens (tertiary/aromatic N) is 3. The predicted octanol–water partition coefficient (Wildman–Crippen LogP) is 6.48. The van der Waals surface area contributed by atoms with Crippen molar-refractivity contribution in [2.24, 2.45) is 0 Å². The van der Waals surface area contributed by atoms with Gasteiger partial charge in [-0.25, -0.2) is 4.68 Å². The Labute approximate surface area is 236 Å². The lowest BCUT2D eigenvalue weighted by Crippen LogP contribution is -2.31. The fourth-order valence-electron chi connectivity index (χ4n) is 4.56. The van der Waals surface area contributed by atoms with E-state index in [-0.39, 0.29) is 11.7 Å². The molecule has 0 bridgehead atoms. The highest BCUT2D eigenvalue weighted by molar-refractivity contribution is 7.98. The van der Waals surface area contributed by atoms with Gasteiger partial charge in [-0.2, -0.15) is 4.98 Å². The number of thioether (sulfide) groups is 1. The largest absolute Gasteiger partial charge is 0.504 e. The van der Waals surface area contributed by atoms with E-state index in [1.165, 1.54) is 18.9 Å². The number of methoxy groups -OCH3 is 1. The summed E-state index contributed by atoms with van der Waals surface area (Å²) < 4.78 is 7.07. The first-order valence-corrected chi connectivity index (χ1v) is 13.7. The number of rotatable bonds is 7. The molecule has 3 aromatic carbocycles. The number of hydrogen-bond acceptors (Lipinski definition) is 7. The number of aryl methyl sites for hydroxylation is 2. The Kier molecular flexibility index (Phi) is 7.54. The predicted molar refractivity (Wildman–Crippen MR) is 155 cm³/mol. The summed E-state index contributed by atoms with van der Waals surface area (Å²) in [6.07, 6.45) is 0. The highest BCUT2D eigenvalue weighted by Gasteiger charge is 2.35. The zero-order valence-corrected chi connectivity index (χ0v) is 23.5. The number of halogens is 1. The number of aromatic nitrogens is 3. The van der Waals surface area contributed by atoms with Gasteiger partial charge in [-0.15, -0.1) is 5.10 Å². The van der Waals surface area contributed by atoms with Crippen molar-refractivity contribution in [3.8, 4) is 11.5 Å². The first kappa shape index (κ1) is 26.6. The van der Waals surface area contributed by atoms with Crippen molar-refractivity contribution in [2.75, 3.05) is 17.7 Å². The Morgan fingerprint density at radius 2 is 1.95 bits per heavy atom. The molecule has 1 atom stereocenters. The van der Waals surface area contributed by atoms with Gasteiger partial charge in [0.15, 0.2) is 11.5 Å². The number of amides is 1. The molecule has 0 saturated heterocycles. The van der Waals surface area contributed by atoms with Crippen LogP contribution >= 0.6 is 23.4 Å². The van der Waals surface area contributed by atoms with Crippen molar-refractivity contribution in [3.05, 3.63) is 99.2 Å². The number of carbonyl (C=O) groups excluding carboxylic acids is 1. The zero-order chi connectivity index (χ0) is 27.7. The zero-order valence-electron chi connectivity index (χ0n) is 21.9. The SMILES string of the molecule is COc1cc(C2C(C(=O)Nc3ccc(C)cc3C)=C(C)Nc3nc(SCc4ccccc4Cl)nn32)ccc1O. The van der Waals surface area contributed by atoms with E-state index in [4.69, 9.17) is 26.4 Å². The number of phenols is 1. The highest BCUT2D eigenvalue weighted by Crippen LogP contribution is 2.40. The molecule has 0 saturated carbocycles. The van der Waals surface area contributed by atoms with Crippen LogP contribution in [0.5, 0.6) is 11.5 Å². The van der Waals surface area contributed by atoms with Gasteiger partial charge in [0.05, 0.1) is 12.7 Å². The molecule has 200 valence electrons. The number of anilines is 2. The number of allylic oxidation sites excluding steroid dienone is 1.